The second-order valence-corrected chi connectivity index (χ2v) is 7.34. The first kappa shape index (κ1) is 14.4. The van der Waals surface area contributed by atoms with E-state index in [-0.39, 0.29) is 0 Å². The summed E-state index contributed by atoms with van der Waals surface area (Å²) in [5.74, 6) is 0.776. The van der Waals surface area contributed by atoms with Gasteiger partial charge in [0.1, 0.15) is 4.34 Å². The number of hydrogen-bond acceptors (Lipinski definition) is 4. The lowest BCUT2D eigenvalue weighted by molar-refractivity contribution is 0.464. The molecule has 3 nitrogen and oxygen atoms in total. The predicted molar refractivity (Wildman–Crippen MR) is 87.4 cm³/mol. The van der Waals surface area contributed by atoms with Gasteiger partial charge in [0, 0.05) is 28.0 Å². The summed E-state index contributed by atoms with van der Waals surface area (Å²) >= 11 is 11.0. The number of nitrogens with zero attached hydrogens (tertiary/aromatic N) is 2. The van der Waals surface area contributed by atoms with Gasteiger partial charge in [0.2, 0.25) is 0 Å². The summed E-state index contributed by atoms with van der Waals surface area (Å²) in [7, 11) is 0. The summed E-state index contributed by atoms with van der Waals surface area (Å²) in [5.41, 5.74) is 2.43. The molecule has 20 heavy (non-hydrogen) atoms. The van der Waals surface area contributed by atoms with Crippen LogP contribution in [0.5, 0.6) is 0 Å². The van der Waals surface area contributed by atoms with Crippen LogP contribution in [0, 0.1) is 0 Å². The van der Waals surface area contributed by atoms with Gasteiger partial charge in [-0.25, -0.2) is 9.97 Å². The maximum atomic E-state index is 6.09. The van der Waals surface area contributed by atoms with Crippen LogP contribution in [0.4, 0.5) is 0 Å². The third-order valence-corrected chi connectivity index (χ3v) is 5.97. The maximum Gasteiger partial charge on any atom is 0.169 e. The van der Waals surface area contributed by atoms with Crippen LogP contribution in [0.1, 0.15) is 37.1 Å². The highest BCUT2D eigenvalue weighted by atomic mass is 79.9. The van der Waals surface area contributed by atoms with Gasteiger partial charge in [0.25, 0.3) is 0 Å². The fourth-order valence-electron chi connectivity index (χ4n) is 2.58. The molecule has 2 heterocycles. The molecule has 0 fully saturated rings. The van der Waals surface area contributed by atoms with E-state index >= 15 is 0 Å². The van der Waals surface area contributed by atoms with Gasteiger partial charge in [-0.05, 0) is 47.8 Å². The van der Waals surface area contributed by atoms with E-state index in [2.05, 4.69) is 33.2 Å². The Labute approximate surface area is 135 Å². The zero-order valence-electron chi connectivity index (χ0n) is 11.1. The van der Waals surface area contributed by atoms with Crippen LogP contribution in [0.3, 0.4) is 0 Å². The lowest BCUT2D eigenvalue weighted by Gasteiger charge is -2.25. The summed E-state index contributed by atoms with van der Waals surface area (Å²) in [5, 5.41) is 3.51. The second-order valence-electron chi connectivity index (χ2n) is 4.83. The zero-order chi connectivity index (χ0) is 14.1. The molecule has 1 unspecified atom stereocenters. The fraction of sp³-hybridized carbons (Fsp3) is 0.429. The number of fused-ring (bicyclic) bond motifs is 1. The highest BCUT2D eigenvalue weighted by Gasteiger charge is 2.22. The van der Waals surface area contributed by atoms with Crippen molar-refractivity contribution in [3.8, 4) is 10.7 Å². The Morgan fingerprint density at radius 1 is 1.55 bits per heavy atom. The van der Waals surface area contributed by atoms with Gasteiger partial charge < -0.3 is 5.32 Å². The van der Waals surface area contributed by atoms with Crippen molar-refractivity contribution >= 4 is 38.9 Å². The molecule has 0 aromatic carbocycles. The molecule has 1 N–H and O–H groups in total. The van der Waals surface area contributed by atoms with Gasteiger partial charge >= 0.3 is 0 Å². The number of nitrogens with one attached hydrogen (secondary N) is 1. The van der Waals surface area contributed by atoms with Crippen molar-refractivity contribution in [3.63, 3.8) is 0 Å². The van der Waals surface area contributed by atoms with Crippen molar-refractivity contribution in [2.24, 2.45) is 0 Å². The summed E-state index contributed by atoms with van der Waals surface area (Å²) in [6, 6.07) is 2.38. The SMILES string of the molecule is CCNC1CCCc2nc(-c3cc(Br)c(Cl)s3)ncc21. The molecule has 2 aromatic heterocycles. The third-order valence-electron chi connectivity index (χ3n) is 3.50. The average molecular weight is 373 g/mol. The maximum absolute atomic E-state index is 6.09. The number of aromatic nitrogens is 2. The molecule has 0 amide bonds. The Bertz CT molecular complexity index is 609. The van der Waals surface area contributed by atoms with Crippen LogP contribution in [-0.2, 0) is 6.42 Å². The van der Waals surface area contributed by atoms with Crippen molar-refractivity contribution in [1.29, 1.82) is 0 Å². The van der Waals surface area contributed by atoms with Gasteiger partial charge in [0.15, 0.2) is 5.82 Å². The van der Waals surface area contributed by atoms with E-state index in [9.17, 15) is 0 Å². The predicted octanol–water partition coefficient (Wildman–Crippen LogP) is 4.61. The first-order chi connectivity index (χ1) is 9.69. The molecule has 1 aliphatic rings. The molecule has 2 aromatic rings. The van der Waals surface area contributed by atoms with Crippen molar-refractivity contribution < 1.29 is 0 Å². The summed E-state index contributed by atoms with van der Waals surface area (Å²) in [4.78, 5) is 10.3. The van der Waals surface area contributed by atoms with Gasteiger partial charge in [-0.1, -0.05) is 18.5 Å². The van der Waals surface area contributed by atoms with E-state index < -0.39 is 0 Å². The first-order valence-corrected chi connectivity index (χ1v) is 8.72. The molecule has 0 saturated heterocycles. The van der Waals surface area contributed by atoms with Gasteiger partial charge in [0.05, 0.1) is 4.88 Å². The Balaban J connectivity index is 1.96. The monoisotopic (exact) mass is 371 g/mol. The third kappa shape index (κ3) is 2.77. The Kier molecular flexibility index (Phi) is 4.40. The minimum atomic E-state index is 0.399. The smallest absolute Gasteiger partial charge is 0.169 e. The minimum Gasteiger partial charge on any atom is -0.310 e. The molecule has 1 aliphatic carbocycles. The molecule has 0 radical (unpaired) electrons. The van der Waals surface area contributed by atoms with E-state index in [1.807, 2.05) is 12.3 Å². The van der Waals surface area contributed by atoms with Crippen molar-refractivity contribution in [3.05, 3.63) is 32.3 Å². The van der Waals surface area contributed by atoms with Gasteiger partial charge in [-0.15, -0.1) is 11.3 Å². The average Bonchev–Trinajstić information content (AvgIpc) is 2.79. The van der Waals surface area contributed by atoms with Crippen molar-refractivity contribution in [2.45, 2.75) is 32.2 Å². The number of rotatable bonds is 3. The molecular weight excluding hydrogens is 358 g/mol. The topological polar surface area (TPSA) is 37.8 Å². The van der Waals surface area contributed by atoms with Crippen LogP contribution in [0.15, 0.2) is 16.7 Å². The zero-order valence-corrected chi connectivity index (χ0v) is 14.3. The van der Waals surface area contributed by atoms with E-state index in [0.29, 0.717) is 6.04 Å². The van der Waals surface area contributed by atoms with Crippen LogP contribution >= 0.6 is 38.9 Å². The Hall–Kier alpha value is -0.490. The second kappa shape index (κ2) is 6.10. The molecule has 0 spiro atoms. The molecule has 1 atom stereocenters. The van der Waals surface area contributed by atoms with Crippen LogP contribution < -0.4 is 5.32 Å². The minimum absolute atomic E-state index is 0.399. The summed E-state index contributed by atoms with van der Waals surface area (Å²) in [6.45, 7) is 3.11. The number of hydrogen-bond donors (Lipinski definition) is 1. The summed E-state index contributed by atoms with van der Waals surface area (Å²) < 4.78 is 1.65. The Morgan fingerprint density at radius 3 is 3.10 bits per heavy atom. The van der Waals surface area contributed by atoms with Crippen LogP contribution in [-0.4, -0.2) is 16.5 Å². The number of halogens is 2. The number of thiophene rings is 1. The molecule has 106 valence electrons. The van der Waals surface area contributed by atoms with E-state index in [1.165, 1.54) is 35.4 Å². The highest BCUT2D eigenvalue weighted by Crippen LogP contribution is 2.37. The molecule has 0 saturated carbocycles. The van der Waals surface area contributed by atoms with Crippen LogP contribution in [0.25, 0.3) is 10.7 Å². The molecule has 0 aliphatic heterocycles. The largest absolute Gasteiger partial charge is 0.310 e. The highest BCUT2D eigenvalue weighted by molar-refractivity contribution is 9.10. The summed E-state index contributed by atoms with van der Waals surface area (Å²) in [6.07, 6.45) is 5.36. The quantitative estimate of drug-likeness (QED) is 0.855. The number of aryl methyl sites for hydroxylation is 1. The standard InChI is InChI=1S/C14H15BrClN3S/c1-2-17-10-4-3-5-11-8(10)7-18-14(19-11)12-6-9(15)13(16)20-12/h6-7,10,17H,2-5H2,1H3. The molecular formula is C14H15BrClN3S. The lowest BCUT2D eigenvalue weighted by atomic mass is 9.92. The molecule has 0 bridgehead atoms. The van der Waals surface area contributed by atoms with E-state index in [1.54, 1.807) is 0 Å². The van der Waals surface area contributed by atoms with E-state index in [4.69, 9.17) is 16.6 Å². The first-order valence-electron chi connectivity index (χ1n) is 6.73. The van der Waals surface area contributed by atoms with Crippen molar-refractivity contribution in [1.82, 2.24) is 15.3 Å². The molecule has 3 rings (SSSR count). The fourth-order valence-corrected chi connectivity index (χ4v) is 4.22. The molecule has 6 heteroatoms. The van der Waals surface area contributed by atoms with E-state index in [0.717, 1.165) is 32.5 Å². The Morgan fingerprint density at radius 2 is 2.40 bits per heavy atom. The van der Waals surface area contributed by atoms with Crippen molar-refractivity contribution in [2.75, 3.05) is 6.54 Å². The normalized spacial score (nSPS) is 18.1. The van der Waals surface area contributed by atoms with Gasteiger partial charge in [-0.2, -0.15) is 0 Å². The lowest BCUT2D eigenvalue weighted by Crippen LogP contribution is -2.25. The van der Waals surface area contributed by atoms with Crippen LogP contribution in [0.2, 0.25) is 4.34 Å². The van der Waals surface area contributed by atoms with Gasteiger partial charge in [-0.3, -0.25) is 0 Å².